The average Bonchev–Trinajstić information content (AvgIpc) is 3.12. The molecule has 7 heteroatoms. The second-order valence-corrected chi connectivity index (χ2v) is 7.00. The highest BCUT2D eigenvalue weighted by atomic mass is 32.2. The third-order valence-electron chi connectivity index (χ3n) is 4.31. The maximum Gasteiger partial charge on any atom is 0.269 e. The zero-order valence-corrected chi connectivity index (χ0v) is 14.8. The Hall–Kier alpha value is -3.06. The maximum atomic E-state index is 12.6. The Kier molecular flexibility index (Phi) is 4.00. The van der Waals surface area contributed by atoms with E-state index in [2.05, 4.69) is 5.43 Å². The Labute approximate surface area is 155 Å². The molecule has 130 valence electrons. The van der Waals surface area contributed by atoms with Gasteiger partial charge in [-0.2, -0.15) is 0 Å². The molecule has 1 saturated heterocycles. The van der Waals surface area contributed by atoms with Crippen LogP contribution in [0.25, 0.3) is 0 Å². The van der Waals surface area contributed by atoms with E-state index in [9.17, 15) is 9.59 Å². The monoisotopic (exact) mass is 364 g/mol. The summed E-state index contributed by atoms with van der Waals surface area (Å²) in [6, 6.07) is 16.6. The number of carbonyl (C=O) groups excluding carboxylic acids is 2. The second-order valence-electron chi connectivity index (χ2n) is 5.97. The van der Waals surface area contributed by atoms with Gasteiger partial charge in [0, 0.05) is 17.5 Å². The van der Waals surface area contributed by atoms with E-state index in [1.165, 1.54) is 16.8 Å². The van der Waals surface area contributed by atoms with Crippen LogP contribution in [0.3, 0.4) is 0 Å². The fourth-order valence-corrected chi connectivity index (χ4v) is 4.20. The minimum absolute atomic E-state index is 0.0152. The van der Waals surface area contributed by atoms with Crippen LogP contribution in [0.5, 0.6) is 0 Å². The number of benzene rings is 2. The number of amides is 1. The van der Waals surface area contributed by atoms with Crippen LogP contribution < -0.4 is 10.3 Å². The molecular weight excluding hydrogens is 348 g/mol. The number of hydrogen-bond donors (Lipinski definition) is 2. The van der Waals surface area contributed by atoms with Crippen LogP contribution in [0.2, 0.25) is 0 Å². The van der Waals surface area contributed by atoms with E-state index in [-0.39, 0.29) is 24.1 Å². The Morgan fingerprint density at radius 1 is 1.12 bits per heavy atom. The fourth-order valence-electron chi connectivity index (χ4n) is 2.98. The maximum absolute atomic E-state index is 12.6. The molecule has 26 heavy (non-hydrogen) atoms. The Morgan fingerprint density at radius 2 is 1.81 bits per heavy atom. The van der Waals surface area contributed by atoms with Crippen LogP contribution in [0.15, 0.2) is 70.1 Å². The van der Waals surface area contributed by atoms with E-state index in [4.69, 9.17) is 5.41 Å². The molecule has 0 radical (unpaired) electrons. The van der Waals surface area contributed by atoms with Crippen LogP contribution >= 0.6 is 11.8 Å². The van der Waals surface area contributed by atoms with Crippen molar-refractivity contribution in [1.29, 1.82) is 5.41 Å². The molecule has 2 heterocycles. The highest BCUT2D eigenvalue weighted by molar-refractivity contribution is 8.03. The van der Waals surface area contributed by atoms with Gasteiger partial charge >= 0.3 is 0 Å². The molecular formula is C19H16N4O2S. The molecule has 2 aliphatic heterocycles. The Balaban J connectivity index is 1.60. The smallest absolute Gasteiger partial charge is 0.269 e. The SMILES string of the molecule is CN1/C(=C2/C(=N)N(NC(=O)c3ccccc3)CC2=O)Sc2ccccc21. The van der Waals surface area contributed by atoms with Gasteiger partial charge < -0.3 is 4.90 Å². The van der Waals surface area contributed by atoms with Gasteiger partial charge in [-0.1, -0.05) is 42.1 Å². The number of nitrogens with zero attached hydrogens (tertiary/aromatic N) is 2. The van der Waals surface area contributed by atoms with Crippen molar-refractivity contribution in [2.24, 2.45) is 0 Å². The van der Waals surface area contributed by atoms with Crippen LogP contribution in [0.1, 0.15) is 10.4 Å². The molecule has 1 fully saturated rings. The minimum atomic E-state index is -0.342. The second kappa shape index (κ2) is 6.34. The number of Topliss-reactive ketones (excluding diaryl/α,β-unsaturated/α-hetero) is 1. The number of ketones is 1. The molecule has 2 aliphatic rings. The third kappa shape index (κ3) is 2.66. The number of rotatable bonds is 2. The molecule has 1 amide bonds. The van der Waals surface area contributed by atoms with E-state index in [0.717, 1.165) is 15.6 Å². The lowest BCUT2D eigenvalue weighted by Crippen LogP contribution is -2.43. The molecule has 2 aromatic rings. The largest absolute Gasteiger partial charge is 0.337 e. The number of carbonyl (C=O) groups is 2. The van der Waals surface area contributed by atoms with E-state index in [1.807, 2.05) is 42.3 Å². The molecule has 0 atom stereocenters. The van der Waals surface area contributed by atoms with Gasteiger partial charge in [-0.05, 0) is 24.3 Å². The first-order valence-electron chi connectivity index (χ1n) is 8.07. The van der Waals surface area contributed by atoms with Gasteiger partial charge in [-0.3, -0.25) is 25.4 Å². The lowest BCUT2D eigenvalue weighted by Gasteiger charge is -2.19. The van der Waals surface area contributed by atoms with Crippen LogP contribution in [-0.4, -0.2) is 36.1 Å². The number of anilines is 1. The number of para-hydroxylation sites is 1. The normalized spacial score (nSPS) is 19.1. The van der Waals surface area contributed by atoms with Crippen molar-refractivity contribution in [3.63, 3.8) is 0 Å². The predicted octanol–water partition coefficient (Wildman–Crippen LogP) is 2.65. The van der Waals surface area contributed by atoms with Gasteiger partial charge in [0.15, 0.2) is 11.6 Å². The first kappa shape index (κ1) is 16.4. The lowest BCUT2D eigenvalue weighted by molar-refractivity contribution is -0.114. The highest BCUT2D eigenvalue weighted by Gasteiger charge is 2.38. The van der Waals surface area contributed by atoms with Crippen molar-refractivity contribution in [2.45, 2.75) is 4.90 Å². The summed E-state index contributed by atoms with van der Waals surface area (Å²) in [4.78, 5) is 27.9. The van der Waals surface area contributed by atoms with Crippen molar-refractivity contribution < 1.29 is 9.59 Å². The summed E-state index contributed by atoms with van der Waals surface area (Å²) in [5.74, 6) is -0.503. The van der Waals surface area contributed by atoms with Gasteiger partial charge in [0.1, 0.15) is 6.54 Å². The van der Waals surface area contributed by atoms with Crippen molar-refractivity contribution in [1.82, 2.24) is 10.4 Å². The van der Waals surface area contributed by atoms with Crippen LogP contribution in [0.4, 0.5) is 5.69 Å². The number of hydrogen-bond acceptors (Lipinski definition) is 5. The topological polar surface area (TPSA) is 76.5 Å². The third-order valence-corrected chi connectivity index (χ3v) is 5.55. The Morgan fingerprint density at radius 3 is 2.54 bits per heavy atom. The fraction of sp³-hybridized carbons (Fsp3) is 0.105. The van der Waals surface area contributed by atoms with E-state index >= 15 is 0 Å². The molecule has 2 aromatic carbocycles. The molecule has 0 aromatic heterocycles. The van der Waals surface area contributed by atoms with Crippen molar-refractivity contribution in [3.8, 4) is 0 Å². The number of amidine groups is 1. The van der Waals surface area contributed by atoms with Crippen molar-refractivity contribution in [3.05, 3.63) is 70.8 Å². The van der Waals surface area contributed by atoms with E-state index in [1.54, 1.807) is 24.3 Å². The minimum Gasteiger partial charge on any atom is -0.337 e. The number of fused-ring (bicyclic) bond motifs is 1. The van der Waals surface area contributed by atoms with Gasteiger partial charge in [-0.25, -0.2) is 0 Å². The zero-order valence-electron chi connectivity index (χ0n) is 14.0. The summed E-state index contributed by atoms with van der Waals surface area (Å²) in [6.07, 6.45) is 0. The van der Waals surface area contributed by atoms with Crippen molar-refractivity contribution in [2.75, 3.05) is 18.5 Å². The summed E-state index contributed by atoms with van der Waals surface area (Å²) in [5.41, 5.74) is 4.47. The molecule has 4 rings (SSSR count). The van der Waals surface area contributed by atoms with Gasteiger partial charge in [0.05, 0.1) is 16.3 Å². The molecule has 0 spiro atoms. The molecule has 0 unspecified atom stereocenters. The standard InChI is InChI=1S/C19H16N4O2S/c1-22-13-9-5-6-10-15(13)26-19(22)16-14(24)11-23(17(16)20)21-18(25)12-7-3-2-4-8-12/h2-10,20H,11H2,1H3,(H,21,25)/b19-16-,20-17?. The summed E-state index contributed by atoms with van der Waals surface area (Å²) in [7, 11) is 1.88. The van der Waals surface area contributed by atoms with Crippen LogP contribution in [-0.2, 0) is 4.79 Å². The van der Waals surface area contributed by atoms with Gasteiger partial charge in [-0.15, -0.1) is 0 Å². The van der Waals surface area contributed by atoms with E-state index in [0.29, 0.717) is 11.1 Å². The van der Waals surface area contributed by atoms with Gasteiger partial charge in [0.25, 0.3) is 5.91 Å². The van der Waals surface area contributed by atoms with E-state index < -0.39 is 0 Å². The summed E-state index contributed by atoms with van der Waals surface area (Å²) in [6.45, 7) is -0.0407. The van der Waals surface area contributed by atoms with Crippen molar-refractivity contribution >= 4 is 35.0 Å². The molecule has 0 saturated carbocycles. The lowest BCUT2D eigenvalue weighted by atomic mass is 10.2. The highest BCUT2D eigenvalue weighted by Crippen LogP contribution is 2.46. The first-order chi connectivity index (χ1) is 12.6. The first-order valence-corrected chi connectivity index (χ1v) is 8.88. The molecule has 2 N–H and O–H groups in total. The zero-order chi connectivity index (χ0) is 18.3. The summed E-state index contributed by atoms with van der Waals surface area (Å²) in [5, 5.41) is 10.4. The average molecular weight is 364 g/mol. The Bertz CT molecular complexity index is 955. The number of thioether (sulfide) groups is 1. The molecule has 0 aliphatic carbocycles. The number of hydrazine groups is 1. The summed E-state index contributed by atoms with van der Waals surface area (Å²) < 4.78 is 0. The van der Waals surface area contributed by atoms with Crippen LogP contribution in [0, 0.1) is 5.41 Å². The summed E-state index contributed by atoms with van der Waals surface area (Å²) >= 11 is 1.47. The predicted molar refractivity (Wildman–Crippen MR) is 101 cm³/mol. The molecule has 0 bridgehead atoms. The van der Waals surface area contributed by atoms with Gasteiger partial charge in [0.2, 0.25) is 0 Å². The molecule has 6 nitrogen and oxygen atoms in total. The quantitative estimate of drug-likeness (QED) is 0.801. The number of nitrogens with one attached hydrogen (secondary N) is 2.